The van der Waals surface area contributed by atoms with E-state index in [2.05, 4.69) is 31.9 Å². The third kappa shape index (κ3) is 25.8. The van der Waals surface area contributed by atoms with Crippen LogP contribution in [0.4, 0.5) is 0 Å². The predicted octanol–water partition coefficient (Wildman–Crippen LogP) is -23.1. The van der Waals surface area contributed by atoms with Crippen LogP contribution in [-0.2, 0) is 128 Å². The van der Waals surface area contributed by atoms with E-state index in [1.807, 2.05) is 0 Å². The minimum atomic E-state index is -2.88. The molecular weight excluding hydrogens is 1900 g/mol. The second-order valence-electron chi connectivity index (χ2n) is 35.3. The smallest absolute Gasteiger partial charge is 0.217 e. The zero-order valence-corrected chi connectivity index (χ0v) is 75.4. The van der Waals surface area contributed by atoms with Crippen molar-refractivity contribution in [1.82, 2.24) is 31.9 Å². The normalized spacial score (nSPS) is 48.3. The fourth-order valence-corrected chi connectivity index (χ4v) is 18.1. The van der Waals surface area contributed by atoms with E-state index in [4.69, 9.17) is 99.5 Å². The van der Waals surface area contributed by atoms with Crippen molar-refractivity contribution in [3.8, 4) is 0 Å². The molecular formula is C78H130N6O55. The largest absolute Gasteiger partial charge is 0.394 e. The second-order valence-corrected chi connectivity index (χ2v) is 35.3. The highest BCUT2D eigenvalue weighted by Crippen LogP contribution is 2.43. The van der Waals surface area contributed by atoms with Crippen molar-refractivity contribution in [2.75, 3.05) is 66.1 Å². The highest BCUT2D eigenvalue weighted by atomic mass is 16.8. The third-order valence-corrected chi connectivity index (χ3v) is 25.3. The first kappa shape index (κ1) is 114. The van der Waals surface area contributed by atoms with Gasteiger partial charge in [0.05, 0.1) is 72.2 Å². The van der Waals surface area contributed by atoms with E-state index in [-0.39, 0.29) is 0 Å². The van der Waals surface area contributed by atoms with E-state index in [1.54, 1.807) is 0 Å². The van der Waals surface area contributed by atoms with Gasteiger partial charge in [0.1, 0.15) is 262 Å². The first-order chi connectivity index (χ1) is 65.7. The fraction of sp³-hybridized carbons (Fsp3) is 0.923. The number of hydrogen-bond donors (Lipinski definition) is 34. The monoisotopic (exact) mass is 2030 g/mol. The lowest BCUT2D eigenvalue weighted by Gasteiger charge is -2.53. The summed E-state index contributed by atoms with van der Waals surface area (Å²) < 4.78 is 129. The molecule has 11 heterocycles. The quantitative estimate of drug-likeness (QED) is 0.0277. The Morgan fingerprint density at radius 1 is 0.201 bits per heavy atom. The van der Waals surface area contributed by atoms with Gasteiger partial charge in [0.15, 0.2) is 69.2 Å². The first-order valence-electron chi connectivity index (χ1n) is 44.5. The summed E-state index contributed by atoms with van der Waals surface area (Å²) in [6.45, 7) is -5.29. The van der Waals surface area contributed by atoms with Crippen LogP contribution in [0.1, 0.15) is 48.5 Å². The van der Waals surface area contributed by atoms with Crippen LogP contribution < -0.4 is 31.9 Å². The Balaban J connectivity index is 1.05. The van der Waals surface area contributed by atoms with Gasteiger partial charge in [-0.2, -0.15) is 0 Å². The van der Waals surface area contributed by atoms with Crippen LogP contribution in [-0.4, -0.2) is 582 Å². The van der Waals surface area contributed by atoms with Gasteiger partial charge in [-0.15, -0.1) is 0 Å². The van der Waals surface area contributed by atoms with Crippen LogP contribution in [0.3, 0.4) is 0 Å². The molecule has 11 fully saturated rings. The summed E-state index contributed by atoms with van der Waals surface area (Å²) in [7, 11) is 0. The Kier molecular flexibility index (Phi) is 41.1. The van der Waals surface area contributed by atoms with Crippen molar-refractivity contribution in [3.63, 3.8) is 0 Å². The van der Waals surface area contributed by atoms with Gasteiger partial charge in [0.25, 0.3) is 0 Å². The summed E-state index contributed by atoms with van der Waals surface area (Å²) in [5.74, 6) is -5.94. The van der Waals surface area contributed by atoms with Crippen LogP contribution in [0, 0.1) is 0 Å². The predicted molar refractivity (Wildman–Crippen MR) is 430 cm³/mol. The third-order valence-electron chi connectivity index (χ3n) is 25.3. The molecule has 0 radical (unpaired) electrons. The molecule has 0 aromatic heterocycles. The average molecular weight is 2030 g/mol. The molecule has 802 valence electrons. The van der Waals surface area contributed by atoms with Crippen molar-refractivity contribution in [2.24, 2.45) is 0 Å². The van der Waals surface area contributed by atoms with Gasteiger partial charge in [0, 0.05) is 41.5 Å². The molecule has 34 N–H and O–H groups in total. The Bertz CT molecular complexity index is 3900. The molecule has 6 amide bonds. The highest BCUT2D eigenvalue weighted by Gasteiger charge is 2.64. The van der Waals surface area contributed by atoms with Gasteiger partial charge < -0.3 is 274 Å². The van der Waals surface area contributed by atoms with Crippen molar-refractivity contribution in [3.05, 3.63) is 0 Å². The minimum Gasteiger partial charge on any atom is -0.394 e. The average Bonchev–Trinajstić information content (AvgIpc) is 0.740. The van der Waals surface area contributed by atoms with E-state index >= 15 is 0 Å². The van der Waals surface area contributed by atoms with E-state index in [9.17, 15) is 172 Å². The number of amides is 6. The highest BCUT2D eigenvalue weighted by molar-refractivity contribution is 5.75. The molecule has 55 atom stereocenters. The summed E-state index contributed by atoms with van der Waals surface area (Å²) in [4.78, 5) is 78.7. The lowest BCUT2D eigenvalue weighted by molar-refractivity contribution is -0.412. The number of aliphatic hydroxyl groups is 28. The van der Waals surface area contributed by atoms with Crippen LogP contribution in [0.15, 0.2) is 0 Å². The van der Waals surface area contributed by atoms with Crippen LogP contribution in [0.2, 0.25) is 0 Å². The van der Waals surface area contributed by atoms with Gasteiger partial charge in [-0.1, -0.05) is 0 Å². The molecule has 0 aromatic carbocycles. The lowest BCUT2D eigenvalue weighted by atomic mass is 9.93. The summed E-state index contributed by atoms with van der Waals surface area (Å²) in [6.07, 6.45) is -107. The molecule has 11 saturated heterocycles. The molecule has 61 heteroatoms. The van der Waals surface area contributed by atoms with Gasteiger partial charge in [0.2, 0.25) is 35.4 Å². The Morgan fingerprint density at radius 2 is 0.446 bits per heavy atom. The van der Waals surface area contributed by atoms with Gasteiger partial charge in [-0.05, 0) is 6.92 Å². The zero-order valence-electron chi connectivity index (χ0n) is 75.4. The van der Waals surface area contributed by atoms with E-state index in [1.165, 1.54) is 6.92 Å². The molecule has 0 aliphatic carbocycles. The summed E-state index contributed by atoms with van der Waals surface area (Å²) in [6, 6.07) is -12.0. The molecule has 11 aliphatic rings. The van der Waals surface area contributed by atoms with Crippen LogP contribution >= 0.6 is 0 Å². The standard InChI is InChI=1S/C78H130N6O55/c1-18-41(99)53(111)56(114)74(121-18)119-16-33-63(50(108)35(68(118)122-33)79-19(2)93)133-72-39(83-23(6)97)51(109)61(31(14-91)128-72)135-76-59(117)65(137-78-67(139-71-38(82-22(5)96)49(107)44(102)27(10-87)125-71)58(116)62(32(15-92)130-78)132-69-36(80-20(3)94)47(105)42(100)25(8-85)123-69)64(136-70-37(81-21(4)95)48(106)43(101)26(9-86)124-70)34(131-76)17-120-77-66(55(113)46(104)29(12-89)127-77)138-73-40(84-24(7)98)52(110)60(30(13-90)129-73)134-75-57(115)54(112)45(103)28(11-88)126-75/h18,25-78,85-92,99-118H,8-17H2,1-7H3,(H,79,93)(H,80,94)(H,81,95)(H,82,96)(H,83,97)(H,84,98)/t18-,25+,26+,27+,28+,29+,30+,31+,32+,33+,34+,35+,36+,37+,38+,39+,40+,41+,42+,43+,44+,45-,46+,47+,48+,49+,50+,51+,52+,53+,54-,55-,56-,57+,58-,59-,60+,61+,62+,63+,64+,65+,66-,67-,68?,69-,70-,71-,72-,73-,74+,75-,76-,77-,78+/m0/s1. The number of aliphatic hydroxyl groups excluding tert-OH is 28. The Labute approximate surface area is 788 Å². The van der Waals surface area contributed by atoms with Crippen molar-refractivity contribution < 1.29 is 271 Å². The molecule has 1 unspecified atom stereocenters. The molecule has 11 aliphatic heterocycles. The summed E-state index contributed by atoms with van der Waals surface area (Å²) >= 11 is 0. The molecule has 0 aromatic rings. The van der Waals surface area contributed by atoms with E-state index in [0.717, 1.165) is 41.5 Å². The minimum absolute atomic E-state index is 0.879. The molecule has 0 saturated carbocycles. The van der Waals surface area contributed by atoms with E-state index in [0.29, 0.717) is 0 Å². The van der Waals surface area contributed by atoms with Crippen molar-refractivity contribution >= 4 is 35.4 Å². The number of carbonyl (C=O) groups is 6. The number of rotatable bonds is 36. The molecule has 139 heavy (non-hydrogen) atoms. The maximum atomic E-state index is 13.7. The van der Waals surface area contributed by atoms with Gasteiger partial charge in [-0.25, -0.2) is 0 Å². The van der Waals surface area contributed by atoms with Crippen molar-refractivity contribution in [2.45, 2.75) is 386 Å². The number of ether oxygens (including phenoxy) is 21. The van der Waals surface area contributed by atoms with Crippen molar-refractivity contribution in [1.29, 1.82) is 0 Å². The molecule has 61 nitrogen and oxygen atoms in total. The number of nitrogens with one attached hydrogen (secondary N) is 6. The molecule has 0 bridgehead atoms. The van der Waals surface area contributed by atoms with E-state index < -0.39 is 439 Å². The number of carbonyl (C=O) groups excluding carboxylic acids is 6. The molecule has 0 spiro atoms. The fourth-order valence-electron chi connectivity index (χ4n) is 18.1. The first-order valence-corrected chi connectivity index (χ1v) is 44.5. The maximum absolute atomic E-state index is 13.7. The van der Waals surface area contributed by atoms with Gasteiger partial charge >= 0.3 is 0 Å². The zero-order chi connectivity index (χ0) is 102. The maximum Gasteiger partial charge on any atom is 0.217 e. The Hall–Kier alpha value is -5.14. The van der Waals surface area contributed by atoms with Crippen LogP contribution in [0.25, 0.3) is 0 Å². The topological polar surface area (TPSA) is 935 Å². The van der Waals surface area contributed by atoms with Crippen LogP contribution in [0.5, 0.6) is 0 Å². The Morgan fingerprint density at radius 3 is 0.835 bits per heavy atom. The lowest BCUT2D eigenvalue weighted by Crippen LogP contribution is -2.72. The van der Waals surface area contributed by atoms with Gasteiger partial charge in [-0.3, -0.25) is 28.8 Å². The summed E-state index contributed by atoms with van der Waals surface area (Å²) in [5, 5.41) is 333. The second kappa shape index (κ2) is 50.0. The number of hydrogen-bond acceptors (Lipinski definition) is 55. The summed E-state index contributed by atoms with van der Waals surface area (Å²) in [5.41, 5.74) is 0. The SMILES string of the molecule is CC(=O)N[C@H]1[C@H](O[C@H]2[C@H](O)[C@@H](NC(C)=O)C(O)O[C@@H]2CO[C@@H]2O[C@@H](C)[C@@H](O)[C@@H](O)[C@@H]2O)O[C@H](CO)[C@@H](O[C@@H]2O[C@H](CO[C@H]3O[C@H](CO)[C@@H](O)[C@H](O)[C@@H]3O[C@@H]3O[C@H](CO)[C@@H](O[C@@H]4O[C@H](CO)[C@H](O)[C@H](O)[C@H]4O)[C@H](O)[C@H]3NC(C)=O)[C@@H](O[C@@H]3O[C@H](CO)[C@@H](O)[C@H](O)[C@H]3NC(C)=O)[C@H](O[C@H]3O[C@H](CO)[C@@H](O[C@@H]4O[C@H](CO)[C@@H](O)[C@H](O)[C@H]4NC(C)=O)[C@H](O)[C@@H]3O[C@@H]3O[C@H](CO)[C@@H](O)[C@H](O)[C@H]3NC(C)=O)[C@@H]2O)[C@@H]1O. The molecule has 11 rings (SSSR count).